The van der Waals surface area contributed by atoms with Gasteiger partial charge in [-0.3, -0.25) is 9.69 Å². The van der Waals surface area contributed by atoms with E-state index >= 15 is 0 Å². The Labute approximate surface area is 180 Å². The Hall–Kier alpha value is -2.37. The molecular weight excluding hydrogens is 376 g/mol. The number of morpholine rings is 1. The van der Waals surface area contributed by atoms with Gasteiger partial charge in [0.25, 0.3) is 5.91 Å². The Morgan fingerprint density at radius 1 is 0.967 bits per heavy atom. The Morgan fingerprint density at radius 3 is 2.13 bits per heavy atom. The predicted molar refractivity (Wildman–Crippen MR) is 120 cm³/mol. The van der Waals surface area contributed by atoms with Crippen LogP contribution in [0.25, 0.3) is 0 Å². The molecule has 0 aromatic heterocycles. The minimum Gasteiger partial charge on any atom is -0.491 e. The van der Waals surface area contributed by atoms with E-state index in [0.717, 1.165) is 32.1 Å². The van der Waals surface area contributed by atoms with Gasteiger partial charge in [-0.15, -0.1) is 0 Å². The average Bonchev–Trinajstić information content (AvgIpc) is 2.75. The highest BCUT2D eigenvalue weighted by atomic mass is 16.5. The maximum Gasteiger partial charge on any atom is 0.251 e. The monoisotopic (exact) mass is 410 g/mol. The minimum atomic E-state index is -0.0665. The maximum absolute atomic E-state index is 12.7. The van der Waals surface area contributed by atoms with E-state index in [1.54, 1.807) is 0 Å². The van der Waals surface area contributed by atoms with E-state index in [1.165, 1.54) is 11.1 Å². The van der Waals surface area contributed by atoms with Crippen molar-refractivity contribution in [3.63, 3.8) is 0 Å². The summed E-state index contributed by atoms with van der Waals surface area (Å²) in [6.07, 6.45) is 0.112. The first kappa shape index (κ1) is 22.3. The van der Waals surface area contributed by atoms with Gasteiger partial charge in [0.1, 0.15) is 5.75 Å². The van der Waals surface area contributed by atoms with E-state index in [4.69, 9.17) is 9.47 Å². The van der Waals surface area contributed by atoms with Crippen LogP contribution in [0.2, 0.25) is 0 Å². The third kappa shape index (κ3) is 6.07. The zero-order valence-corrected chi connectivity index (χ0v) is 18.6. The average molecular weight is 411 g/mol. The highest BCUT2D eigenvalue weighted by Gasteiger charge is 2.23. The number of nitrogens with zero attached hydrogens (tertiary/aromatic N) is 1. The number of amides is 1. The molecular formula is C25H34N2O3. The summed E-state index contributed by atoms with van der Waals surface area (Å²) in [5, 5.41) is 3.13. The first-order chi connectivity index (χ1) is 14.4. The lowest BCUT2D eigenvalue weighted by Gasteiger charge is -2.35. The number of ether oxygens (including phenoxy) is 2. The molecule has 1 amide bonds. The molecule has 0 saturated carbocycles. The normalized spacial score (nSPS) is 15.9. The second-order valence-corrected chi connectivity index (χ2v) is 8.39. The fraction of sp³-hybridized carbons (Fsp3) is 0.480. The molecule has 2 aromatic carbocycles. The van der Waals surface area contributed by atoms with Crippen molar-refractivity contribution in [2.45, 2.75) is 45.8 Å². The highest BCUT2D eigenvalue weighted by molar-refractivity contribution is 5.94. The summed E-state index contributed by atoms with van der Waals surface area (Å²) < 4.78 is 11.2. The number of rotatable bonds is 8. The zero-order valence-electron chi connectivity index (χ0n) is 18.6. The van der Waals surface area contributed by atoms with E-state index in [-0.39, 0.29) is 18.1 Å². The molecule has 2 aromatic rings. The fourth-order valence-corrected chi connectivity index (χ4v) is 3.70. The van der Waals surface area contributed by atoms with Crippen molar-refractivity contribution >= 4 is 5.91 Å². The van der Waals surface area contributed by atoms with Crippen LogP contribution in [0.3, 0.4) is 0 Å². The van der Waals surface area contributed by atoms with Gasteiger partial charge >= 0.3 is 0 Å². The van der Waals surface area contributed by atoms with Gasteiger partial charge in [0, 0.05) is 25.2 Å². The van der Waals surface area contributed by atoms with Gasteiger partial charge in [-0.05, 0) is 55.2 Å². The molecule has 1 fully saturated rings. The summed E-state index contributed by atoms with van der Waals surface area (Å²) in [5.41, 5.74) is 3.19. The SMILES string of the molecule is CC(C)Oc1ccc(C(=O)NCC(c2ccc(C(C)C)cc2)N2CCOCC2)cc1. The van der Waals surface area contributed by atoms with E-state index < -0.39 is 0 Å². The number of benzene rings is 2. The Balaban J connectivity index is 1.69. The molecule has 1 N–H and O–H groups in total. The smallest absolute Gasteiger partial charge is 0.251 e. The zero-order chi connectivity index (χ0) is 21.5. The van der Waals surface area contributed by atoms with Gasteiger partial charge in [0.05, 0.1) is 25.4 Å². The Kier molecular flexibility index (Phi) is 7.88. The van der Waals surface area contributed by atoms with Gasteiger partial charge < -0.3 is 14.8 Å². The standard InChI is InChI=1S/C25H34N2O3/c1-18(2)20-5-7-21(8-6-20)24(27-13-15-29-16-14-27)17-26-25(28)22-9-11-23(12-10-22)30-19(3)4/h5-12,18-19,24H,13-17H2,1-4H3,(H,26,28). The molecule has 1 aliphatic heterocycles. The quantitative estimate of drug-likeness (QED) is 0.701. The highest BCUT2D eigenvalue weighted by Crippen LogP contribution is 2.24. The predicted octanol–water partition coefficient (Wildman–Crippen LogP) is 4.40. The largest absolute Gasteiger partial charge is 0.491 e. The maximum atomic E-state index is 12.7. The Morgan fingerprint density at radius 2 is 1.57 bits per heavy atom. The van der Waals surface area contributed by atoms with E-state index in [0.29, 0.717) is 18.0 Å². The summed E-state index contributed by atoms with van der Waals surface area (Å²) >= 11 is 0. The van der Waals surface area contributed by atoms with E-state index in [9.17, 15) is 4.79 Å². The molecule has 0 radical (unpaired) electrons. The molecule has 5 heteroatoms. The number of hydrogen-bond donors (Lipinski definition) is 1. The molecule has 0 spiro atoms. The lowest BCUT2D eigenvalue weighted by molar-refractivity contribution is 0.0162. The van der Waals surface area contributed by atoms with Crippen LogP contribution in [0, 0.1) is 0 Å². The molecule has 30 heavy (non-hydrogen) atoms. The molecule has 1 saturated heterocycles. The first-order valence-electron chi connectivity index (χ1n) is 10.9. The van der Waals surface area contributed by atoms with Crippen LogP contribution >= 0.6 is 0 Å². The van der Waals surface area contributed by atoms with Crippen LogP contribution in [-0.2, 0) is 4.74 Å². The molecule has 5 nitrogen and oxygen atoms in total. The summed E-state index contributed by atoms with van der Waals surface area (Å²) in [6.45, 7) is 12.1. The fourth-order valence-electron chi connectivity index (χ4n) is 3.70. The van der Waals surface area contributed by atoms with Crippen LogP contribution in [-0.4, -0.2) is 49.8 Å². The summed E-state index contributed by atoms with van der Waals surface area (Å²) in [5.74, 6) is 1.21. The van der Waals surface area contributed by atoms with Crippen molar-refractivity contribution in [3.05, 3.63) is 65.2 Å². The molecule has 1 aliphatic rings. The third-order valence-corrected chi connectivity index (χ3v) is 5.42. The lowest BCUT2D eigenvalue weighted by Crippen LogP contribution is -2.43. The summed E-state index contributed by atoms with van der Waals surface area (Å²) in [7, 11) is 0. The summed E-state index contributed by atoms with van der Waals surface area (Å²) in [4.78, 5) is 15.1. The van der Waals surface area contributed by atoms with Crippen molar-refractivity contribution < 1.29 is 14.3 Å². The van der Waals surface area contributed by atoms with Crippen LogP contribution in [0.4, 0.5) is 0 Å². The van der Waals surface area contributed by atoms with Crippen molar-refractivity contribution in [2.75, 3.05) is 32.8 Å². The minimum absolute atomic E-state index is 0.0665. The number of hydrogen-bond acceptors (Lipinski definition) is 4. The van der Waals surface area contributed by atoms with E-state index in [1.807, 2.05) is 38.1 Å². The summed E-state index contributed by atoms with van der Waals surface area (Å²) in [6, 6.07) is 16.2. The second-order valence-electron chi connectivity index (χ2n) is 8.39. The second kappa shape index (κ2) is 10.6. The molecule has 3 rings (SSSR count). The molecule has 1 atom stereocenters. The Bertz CT molecular complexity index is 794. The van der Waals surface area contributed by atoms with Crippen LogP contribution in [0.5, 0.6) is 5.75 Å². The number of nitrogens with one attached hydrogen (secondary N) is 1. The van der Waals surface area contributed by atoms with Gasteiger partial charge in [0.15, 0.2) is 0 Å². The third-order valence-electron chi connectivity index (χ3n) is 5.42. The molecule has 0 bridgehead atoms. The molecule has 162 valence electrons. The molecule has 1 heterocycles. The van der Waals surface area contributed by atoms with Crippen molar-refractivity contribution in [2.24, 2.45) is 0 Å². The van der Waals surface area contributed by atoms with Crippen molar-refractivity contribution in [1.29, 1.82) is 0 Å². The number of carbonyl (C=O) groups excluding carboxylic acids is 1. The van der Waals surface area contributed by atoms with Crippen molar-refractivity contribution in [1.82, 2.24) is 10.2 Å². The number of carbonyl (C=O) groups is 1. The first-order valence-corrected chi connectivity index (χ1v) is 10.9. The van der Waals surface area contributed by atoms with Crippen LogP contribution in [0.15, 0.2) is 48.5 Å². The van der Waals surface area contributed by atoms with E-state index in [2.05, 4.69) is 48.3 Å². The van der Waals surface area contributed by atoms with Crippen LogP contribution < -0.4 is 10.1 Å². The lowest BCUT2D eigenvalue weighted by atomic mass is 9.98. The van der Waals surface area contributed by atoms with Gasteiger partial charge in [-0.1, -0.05) is 38.1 Å². The topological polar surface area (TPSA) is 50.8 Å². The van der Waals surface area contributed by atoms with Gasteiger partial charge in [0.2, 0.25) is 0 Å². The van der Waals surface area contributed by atoms with Crippen molar-refractivity contribution in [3.8, 4) is 5.75 Å². The van der Waals surface area contributed by atoms with Gasteiger partial charge in [-0.25, -0.2) is 0 Å². The molecule has 1 unspecified atom stereocenters. The van der Waals surface area contributed by atoms with Crippen LogP contribution in [0.1, 0.15) is 61.1 Å². The van der Waals surface area contributed by atoms with Gasteiger partial charge in [-0.2, -0.15) is 0 Å². The molecule has 0 aliphatic carbocycles.